The molecule has 0 heterocycles. The summed E-state index contributed by atoms with van der Waals surface area (Å²) >= 11 is 0. The van der Waals surface area contributed by atoms with Gasteiger partial charge >= 0.3 is 5.97 Å². The minimum absolute atomic E-state index is 0.345. The fourth-order valence-electron chi connectivity index (χ4n) is 5.11. The summed E-state index contributed by atoms with van der Waals surface area (Å²) in [6.45, 7) is 4.55. The van der Waals surface area contributed by atoms with E-state index in [0.29, 0.717) is 6.42 Å². The van der Waals surface area contributed by atoms with Gasteiger partial charge in [0.1, 0.15) is 0 Å². The quantitative estimate of drug-likeness (QED) is 0.115. The molecule has 0 aliphatic carbocycles. The predicted molar refractivity (Wildman–Crippen MR) is 169 cm³/mol. The molecule has 0 bridgehead atoms. The summed E-state index contributed by atoms with van der Waals surface area (Å²) in [6.07, 6.45) is 35.7. The van der Waals surface area contributed by atoms with E-state index in [1.54, 1.807) is 0 Å². The molecule has 0 unspecified atom stereocenters. The van der Waals surface area contributed by atoms with Crippen molar-refractivity contribution in [3.05, 3.63) is 35.9 Å². The third kappa shape index (κ3) is 30.9. The van der Waals surface area contributed by atoms with Crippen molar-refractivity contribution in [2.24, 2.45) is 0 Å². The van der Waals surface area contributed by atoms with E-state index in [0.717, 1.165) is 12.8 Å². The summed E-state index contributed by atoms with van der Waals surface area (Å²) in [5.74, 6) is -0.653. The van der Waals surface area contributed by atoms with Crippen LogP contribution in [-0.2, 0) is 11.2 Å². The monoisotopic (exact) mass is 531 g/mol. The van der Waals surface area contributed by atoms with Gasteiger partial charge in [-0.3, -0.25) is 4.79 Å². The van der Waals surface area contributed by atoms with Gasteiger partial charge in [0.15, 0.2) is 0 Å². The Morgan fingerprint density at radius 3 is 1.13 bits per heavy atom. The number of hydrogen-bond donors (Lipinski definition) is 1. The molecular formula is C36H66O2. The zero-order valence-electron chi connectivity index (χ0n) is 25.8. The van der Waals surface area contributed by atoms with E-state index in [-0.39, 0.29) is 0 Å². The molecule has 0 radical (unpaired) electrons. The Hall–Kier alpha value is -1.31. The van der Waals surface area contributed by atoms with Gasteiger partial charge in [-0.15, -0.1) is 0 Å². The average molecular weight is 531 g/mol. The molecule has 0 atom stereocenters. The lowest BCUT2D eigenvalue weighted by Gasteiger charge is -2.03. The molecule has 0 saturated heterocycles. The third-order valence-electron chi connectivity index (χ3n) is 7.66. The zero-order valence-corrected chi connectivity index (χ0v) is 25.8. The molecule has 0 fully saturated rings. The molecule has 0 saturated carbocycles. The minimum Gasteiger partial charge on any atom is -0.481 e. The first-order valence-corrected chi connectivity index (χ1v) is 17.0. The lowest BCUT2D eigenvalue weighted by atomic mass is 10.0. The molecule has 0 spiro atoms. The van der Waals surface area contributed by atoms with Crippen molar-refractivity contribution < 1.29 is 9.90 Å². The third-order valence-corrected chi connectivity index (χ3v) is 7.66. The van der Waals surface area contributed by atoms with Gasteiger partial charge in [-0.05, 0) is 24.8 Å². The zero-order chi connectivity index (χ0) is 27.8. The molecule has 2 heteroatoms. The fourth-order valence-corrected chi connectivity index (χ4v) is 5.11. The molecule has 1 rings (SSSR count). The molecule has 1 aromatic carbocycles. The van der Waals surface area contributed by atoms with Gasteiger partial charge in [0.05, 0.1) is 0 Å². The van der Waals surface area contributed by atoms with E-state index < -0.39 is 5.97 Å². The van der Waals surface area contributed by atoms with Crippen molar-refractivity contribution in [1.29, 1.82) is 0 Å². The fraction of sp³-hybridized carbons (Fsp3) is 0.806. The van der Waals surface area contributed by atoms with E-state index in [1.807, 2.05) is 0 Å². The number of carboxylic acids is 1. The number of hydrogen-bond acceptors (Lipinski definition) is 1. The van der Waals surface area contributed by atoms with Crippen LogP contribution in [0.2, 0.25) is 0 Å². The highest BCUT2D eigenvalue weighted by molar-refractivity contribution is 5.66. The number of rotatable bonds is 27. The number of aliphatic carboxylic acids is 1. The maximum absolute atomic E-state index is 10.3. The summed E-state index contributed by atoms with van der Waals surface area (Å²) in [7, 11) is 0. The van der Waals surface area contributed by atoms with Crippen molar-refractivity contribution in [1.82, 2.24) is 0 Å². The first kappa shape index (κ1) is 36.7. The van der Waals surface area contributed by atoms with Crippen LogP contribution in [0.4, 0.5) is 0 Å². The second-order valence-corrected chi connectivity index (χ2v) is 11.5. The highest BCUT2D eigenvalue weighted by Gasteiger charge is 1.97. The van der Waals surface area contributed by atoms with Crippen molar-refractivity contribution >= 4 is 5.97 Å². The summed E-state index contributed by atoms with van der Waals surface area (Å²) in [6, 6.07) is 10.9. The second kappa shape index (κ2) is 31.9. The largest absolute Gasteiger partial charge is 0.481 e. The Kier molecular flexibility index (Phi) is 30.8. The van der Waals surface area contributed by atoms with E-state index in [4.69, 9.17) is 5.11 Å². The lowest BCUT2D eigenvalue weighted by molar-refractivity contribution is -0.137. The van der Waals surface area contributed by atoms with Crippen LogP contribution in [-0.4, -0.2) is 11.1 Å². The number of aryl methyl sites for hydroxylation is 1. The maximum Gasteiger partial charge on any atom is 0.303 e. The van der Waals surface area contributed by atoms with E-state index in [2.05, 4.69) is 44.2 Å². The Balaban J connectivity index is 0.000000724. The molecule has 0 aliphatic rings. The van der Waals surface area contributed by atoms with Crippen LogP contribution in [0, 0.1) is 0 Å². The average Bonchev–Trinajstić information content (AvgIpc) is 2.93. The topological polar surface area (TPSA) is 37.3 Å². The van der Waals surface area contributed by atoms with Crippen LogP contribution in [0.3, 0.4) is 0 Å². The minimum atomic E-state index is -0.653. The van der Waals surface area contributed by atoms with Crippen LogP contribution in [0.25, 0.3) is 0 Å². The van der Waals surface area contributed by atoms with Gasteiger partial charge < -0.3 is 5.11 Å². The first-order chi connectivity index (χ1) is 18.7. The van der Waals surface area contributed by atoms with Crippen LogP contribution in [0.15, 0.2) is 30.3 Å². The summed E-state index contributed by atoms with van der Waals surface area (Å²) < 4.78 is 0. The number of carboxylic acid groups (broad SMARTS) is 1. The molecule has 38 heavy (non-hydrogen) atoms. The van der Waals surface area contributed by atoms with Gasteiger partial charge in [0.2, 0.25) is 0 Å². The van der Waals surface area contributed by atoms with E-state index >= 15 is 0 Å². The number of unbranched alkanes of at least 4 members (excludes halogenated alkanes) is 23. The lowest BCUT2D eigenvalue weighted by Crippen LogP contribution is -1.93. The normalized spacial score (nSPS) is 10.8. The van der Waals surface area contributed by atoms with Gasteiger partial charge in [-0.2, -0.15) is 0 Å². The van der Waals surface area contributed by atoms with Gasteiger partial charge in [-0.25, -0.2) is 0 Å². The molecule has 222 valence electrons. The van der Waals surface area contributed by atoms with Crippen molar-refractivity contribution in [3.63, 3.8) is 0 Å². The molecule has 1 N–H and O–H groups in total. The Bertz CT molecular complexity index is 568. The van der Waals surface area contributed by atoms with Crippen molar-refractivity contribution in [2.45, 2.75) is 187 Å². The van der Waals surface area contributed by atoms with Crippen LogP contribution < -0.4 is 0 Å². The van der Waals surface area contributed by atoms with E-state index in [1.165, 1.54) is 160 Å². The SMILES string of the molecule is CCCCCCCCCCCCCCCCCC(=O)O.CCCCCCCCCCCCc1ccccc1. The first-order valence-electron chi connectivity index (χ1n) is 17.0. The highest BCUT2D eigenvalue weighted by atomic mass is 16.4. The van der Waals surface area contributed by atoms with Crippen LogP contribution in [0.1, 0.15) is 186 Å². The van der Waals surface area contributed by atoms with Gasteiger partial charge in [-0.1, -0.05) is 192 Å². The highest BCUT2D eigenvalue weighted by Crippen LogP contribution is 2.14. The number of benzene rings is 1. The molecule has 0 aromatic heterocycles. The summed E-state index contributed by atoms with van der Waals surface area (Å²) in [4.78, 5) is 10.3. The number of carbonyl (C=O) groups is 1. The maximum atomic E-state index is 10.3. The van der Waals surface area contributed by atoms with Crippen LogP contribution in [0.5, 0.6) is 0 Å². The van der Waals surface area contributed by atoms with Gasteiger partial charge in [0, 0.05) is 6.42 Å². The van der Waals surface area contributed by atoms with Gasteiger partial charge in [0.25, 0.3) is 0 Å². The summed E-state index contributed by atoms with van der Waals surface area (Å²) in [5.41, 5.74) is 1.50. The van der Waals surface area contributed by atoms with Crippen molar-refractivity contribution in [2.75, 3.05) is 0 Å². The molecule has 0 aliphatic heterocycles. The Morgan fingerprint density at radius 2 is 0.789 bits per heavy atom. The Morgan fingerprint density at radius 1 is 0.474 bits per heavy atom. The molecule has 0 amide bonds. The summed E-state index contributed by atoms with van der Waals surface area (Å²) in [5, 5.41) is 8.52. The predicted octanol–water partition coefficient (Wildman–Crippen LogP) is 12.5. The van der Waals surface area contributed by atoms with Crippen LogP contribution >= 0.6 is 0 Å². The van der Waals surface area contributed by atoms with E-state index in [9.17, 15) is 4.79 Å². The molecule has 1 aromatic rings. The Labute approximate surface area is 238 Å². The molecular weight excluding hydrogens is 464 g/mol. The second-order valence-electron chi connectivity index (χ2n) is 11.5. The standard InChI is InChI=1S/C18H36O2.C18H30/c1-2-3-4-5-6-7-8-9-10-11-12-13-14-15-16-17-18(19)20;1-2-3-4-5-6-7-8-9-10-12-15-18-16-13-11-14-17-18/h2-17H2,1H3,(H,19,20);11,13-14,16-17H,2-10,12,15H2,1H3. The molecule has 2 nitrogen and oxygen atoms in total. The smallest absolute Gasteiger partial charge is 0.303 e. The van der Waals surface area contributed by atoms with Crippen molar-refractivity contribution in [3.8, 4) is 0 Å².